The van der Waals surface area contributed by atoms with Gasteiger partial charge in [0.15, 0.2) is 0 Å². The first-order chi connectivity index (χ1) is 14.5. The minimum atomic E-state index is -0.198. The number of ether oxygens (including phenoxy) is 2. The molecule has 2 atom stereocenters. The number of aryl methyl sites for hydroxylation is 1. The minimum Gasteiger partial charge on any atom is -0.371 e. The van der Waals surface area contributed by atoms with Gasteiger partial charge in [-0.25, -0.2) is 9.67 Å². The fourth-order valence-electron chi connectivity index (χ4n) is 4.17. The van der Waals surface area contributed by atoms with Gasteiger partial charge in [0.05, 0.1) is 49.7 Å². The number of hydrogen-bond acceptors (Lipinski definition) is 7. The molecule has 0 radical (unpaired) electrons. The highest BCUT2D eigenvalue weighted by Gasteiger charge is 2.41. The first kappa shape index (κ1) is 19.0. The Balaban J connectivity index is 1.27. The number of fused-ring (bicyclic) bond motifs is 2. The average Bonchev–Trinajstić information content (AvgIpc) is 3.42. The van der Waals surface area contributed by atoms with Gasteiger partial charge < -0.3 is 23.8 Å². The van der Waals surface area contributed by atoms with Crippen LogP contribution in [-0.2, 0) is 16.5 Å². The highest BCUT2D eigenvalue weighted by atomic mass is 16.6. The number of likely N-dealkylation sites (tertiary alicyclic amines) is 1. The third-order valence-corrected chi connectivity index (χ3v) is 5.71. The Morgan fingerprint density at radius 3 is 2.50 bits per heavy atom. The number of amides is 1. The van der Waals surface area contributed by atoms with E-state index in [4.69, 9.17) is 9.47 Å². The second-order valence-corrected chi connectivity index (χ2v) is 8.00. The quantitative estimate of drug-likeness (QED) is 0.627. The third kappa shape index (κ3) is 3.21. The topological polar surface area (TPSA) is 90.5 Å². The zero-order valence-electron chi connectivity index (χ0n) is 17.3. The van der Waals surface area contributed by atoms with Crippen LogP contribution in [0, 0.1) is 0 Å². The van der Waals surface area contributed by atoms with Gasteiger partial charge in [0, 0.05) is 21.1 Å². The van der Waals surface area contributed by atoms with Crippen LogP contribution in [0.25, 0.3) is 11.0 Å². The van der Waals surface area contributed by atoms with Crippen molar-refractivity contribution < 1.29 is 14.3 Å². The molecule has 30 heavy (non-hydrogen) atoms. The molecule has 1 aromatic carbocycles. The second-order valence-electron chi connectivity index (χ2n) is 8.00. The van der Waals surface area contributed by atoms with Crippen LogP contribution in [0.5, 0.6) is 0 Å². The fourth-order valence-corrected chi connectivity index (χ4v) is 4.17. The van der Waals surface area contributed by atoms with Crippen molar-refractivity contribution in [3.05, 3.63) is 36.4 Å². The average molecular weight is 411 g/mol. The highest BCUT2D eigenvalue weighted by molar-refractivity contribution is 5.91. The molecule has 158 valence electrons. The lowest BCUT2D eigenvalue weighted by molar-refractivity contribution is -0.00461. The van der Waals surface area contributed by atoms with Crippen LogP contribution >= 0.6 is 0 Å². The van der Waals surface area contributed by atoms with E-state index in [9.17, 15) is 4.79 Å². The zero-order valence-corrected chi connectivity index (χ0v) is 17.3. The minimum absolute atomic E-state index is 0.0484. The molecule has 2 aliphatic heterocycles. The smallest absolute Gasteiger partial charge is 0.293 e. The summed E-state index contributed by atoms with van der Waals surface area (Å²) in [7, 11) is 5.51. The summed E-state index contributed by atoms with van der Waals surface area (Å²) in [6, 6.07) is 8.08. The summed E-state index contributed by atoms with van der Waals surface area (Å²) in [5.41, 5.74) is 2.02. The Morgan fingerprint density at radius 2 is 1.83 bits per heavy atom. The summed E-state index contributed by atoms with van der Waals surface area (Å²) < 4.78 is 16.1. The van der Waals surface area contributed by atoms with Gasteiger partial charge in [0.2, 0.25) is 11.8 Å². The van der Waals surface area contributed by atoms with Crippen molar-refractivity contribution in [1.82, 2.24) is 29.2 Å². The van der Waals surface area contributed by atoms with Crippen LogP contribution in [0.1, 0.15) is 16.7 Å². The maximum absolute atomic E-state index is 12.9. The first-order valence-corrected chi connectivity index (χ1v) is 10.0. The normalized spacial score (nSPS) is 22.3. The van der Waals surface area contributed by atoms with E-state index >= 15 is 0 Å². The van der Waals surface area contributed by atoms with E-state index in [1.54, 1.807) is 16.6 Å². The predicted octanol–water partition coefficient (Wildman–Crippen LogP) is 0.712. The number of hydrogen-bond donors (Lipinski definition) is 0. The molecule has 0 unspecified atom stereocenters. The number of rotatable bonds is 3. The van der Waals surface area contributed by atoms with E-state index in [-0.39, 0.29) is 30.0 Å². The predicted molar refractivity (Wildman–Crippen MR) is 109 cm³/mol. The molecule has 0 N–H and O–H groups in total. The molecule has 3 aromatic rings. The third-order valence-electron chi connectivity index (χ3n) is 5.71. The van der Waals surface area contributed by atoms with Crippen molar-refractivity contribution in [2.24, 2.45) is 7.05 Å². The molecule has 1 amide bonds. The Kier molecular flexibility index (Phi) is 4.67. The molecular formula is C20H25N7O3. The fraction of sp³-hybridized carbons (Fsp3) is 0.500. The Morgan fingerprint density at radius 1 is 1.13 bits per heavy atom. The van der Waals surface area contributed by atoms with Crippen LogP contribution in [0.3, 0.4) is 0 Å². The van der Waals surface area contributed by atoms with Gasteiger partial charge in [-0.3, -0.25) is 4.79 Å². The first-order valence-electron chi connectivity index (χ1n) is 10.0. The highest BCUT2D eigenvalue weighted by Crippen LogP contribution is 2.27. The Bertz CT molecular complexity index is 1060. The van der Waals surface area contributed by atoms with Crippen molar-refractivity contribution in [3.63, 3.8) is 0 Å². The maximum atomic E-state index is 12.9. The molecule has 10 nitrogen and oxygen atoms in total. The van der Waals surface area contributed by atoms with Crippen molar-refractivity contribution in [2.45, 2.75) is 18.2 Å². The van der Waals surface area contributed by atoms with Crippen molar-refractivity contribution in [3.8, 4) is 0 Å². The summed E-state index contributed by atoms with van der Waals surface area (Å²) in [4.78, 5) is 25.3. The number of imidazole rings is 1. The molecule has 4 heterocycles. The summed E-state index contributed by atoms with van der Waals surface area (Å²) in [6.07, 6.45) is 1.52. The molecule has 0 bridgehead atoms. The van der Waals surface area contributed by atoms with E-state index in [1.807, 2.05) is 43.5 Å². The van der Waals surface area contributed by atoms with Crippen LogP contribution in [0.15, 0.2) is 30.6 Å². The molecule has 2 fully saturated rings. The summed E-state index contributed by atoms with van der Waals surface area (Å²) in [5.74, 6) is 0.631. The Hall–Kier alpha value is -2.98. The van der Waals surface area contributed by atoms with E-state index < -0.39 is 0 Å². The molecule has 0 spiro atoms. The van der Waals surface area contributed by atoms with Gasteiger partial charge >= 0.3 is 0 Å². The van der Waals surface area contributed by atoms with Gasteiger partial charge in [-0.1, -0.05) is 12.1 Å². The van der Waals surface area contributed by atoms with Crippen LogP contribution in [-0.4, -0.2) is 87.7 Å². The monoisotopic (exact) mass is 411 g/mol. The molecule has 5 rings (SSSR count). The van der Waals surface area contributed by atoms with E-state index in [0.717, 1.165) is 11.0 Å². The largest absolute Gasteiger partial charge is 0.371 e. The van der Waals surface area contributed by atoms with Gasteiger partial charge in [-0.05, 0) is 12.1 Å². The number of anilines is 1. The lowest BCUT2D eigenvalue weighted by atomic mass is 10.2. The van der Waals surface area contributed by atoms with Crippen LogP contribution in [0.2, 0.25) is 0 Å². The summed E-state index contributed by atoms with van der Waals surface area (Å²) >= 11 is 0. The van der Waals surface area contributed by atoms with E-state index in [2.05, 4.69) is 25.7 Å². The van der Waals surface area contributed by atoms with Crippen molar-refractivity contribution >= 4 is 22.9 Å². The van der Waals surface area contributed by atoms with Crippen molar-refractivity contribution in [2.75, 3.05) is 45.3 Å². The molecule has 10 heteroatoms. The second kappa shape index (κ2) is 7.37. The molecule has 0 saturated carbocycles. The standard InChI is InChI=1S/C20H25N7O3/c1-24(2)20-22-18(23-25(20)3)19(28)26-8-16-17(9-26)30-11-13(10-29-16)27-12-21-14-6-4-5-7-15(14)27/h4-7,12-13,16-17H,8-11H2,1-3H3/t16-,17-/m0/s1. The molecular weight excluding hydrogens is 386 g/mol. The van der Waals surface area contributed by atoms with Gasteiger partial charge in [0.25, 0.3) is 5.91 Å². The Labute approximate surface area is 174 Å². The molecule has 0 aliphatic carbocycles. The lowest BCUT2D eigenvalue weighted by Crippen LogP contribution is -2.32. The van der Waals surface area contributed by atoms with Crippen LogP contribution in [0.4, 0.5) is 5.95 Å². The van der Waals surface area contributed by atoms with Gasteiger partial charge in [-0.2, -0.15) is 4.98 Å². The van der Waals surface area contributed by atoms with Gasteiger partial charge in [0.1, 0.15) is 12.2 Å². The number of carbonyl (C=O) groups is 1. The number of carbonyl (C=O) groups excluding carboxylic acids is 1. The van der Waals surface area contributed by atoms with Crippen molar-refractivity contribution in [1.29, 1.82) is 0 Å². The number of aromatic nitrogens is 5. The number of benzene rings is 1. The number of para-hydroxylation sites is 2. The molecule has 2 saturated heterocycles. The van der Waals surface area contributed by atoms with E-state index in [0.29, 0.717) is 32.3 Å². The van der Waals surface area contributed by atoms with E-state index in [1.165, 1.54) is 0 Å². The SMILES string of the molecule is CN(C)c1nc(C(=O)N2C[C@@H]3OCC(n4cnc5ccccc54)CO[C@H]3C2)nn1C. The number of nitrogens with zero attached hydrogens (tertiary/aromatic N) is 7. The zero-order chi connectivity index (χ0) is 20.8. The lowest BCUT2D eigenvalue weighted by Gasteiger charge is -2.19. The maximum Gasteiger partial charge on any atom is 0.293 e. The molecule has 2 aromatic heterocycles. The molecule has 2 aliphatic rings. The van der Waals surface area contributed by atoms with Crippen LogP contribution < -0.4 is 4.90 Å². The summed E-state index contributed by atoms with van der Waals surface area (Å²) in [5, 5.41) is 4.27. The van der Waals surface area contributed by atoms with Gasteiger partial charge in [-0.15, -0.1) is 5.10 Å². The summed E-state index contributed by atoms with van der Waals surface area (Å²) in [6.45, 7) is 1.96.